The fraction of sp³-hybridized carbons (Fsp3) is 0. The third kappa shape index (κ3) is 5.74. The average Bonchev–Trinajstić information content (AvgIpc) is 3.70. The van der Waals surface area contributed by atoms with Crippen LogP contribution in [0, 0.1) is 0 Å². The molecule has 272 valence electrons. The highest BCUT2D eigenvalue weighted by Crippen LogP contribution is 2.47. The second-order valence-electron chi connectivity index (χ2n) is 14.8. The maximum atomic E-state index is 6.64. The number of anilines is 3. The highest BCUT2D eigenvalue weighted by molar-refractivity contribution is 6.17. The Hall–Kier alpha value is -7.68. The Morgan fingerprint density at radius 1 is 0.310 bits per heavy atom. The number of rotatable bonds is 7. The molecule has 0 aliphatic carbocycles. The van der Waals surface area contributed by atoms with Gasteiger partial charge in [0.15, 0.2) is 0 Å². The van der Waals surface area contributed by atoms with E-state index in [1.54, 1.807) is 0 Å². The third-order valence-corrected chi connectivity index (χ3v) is 11.5. The first-order chi connectivity index (χ1) is 28.8. The van der Waals surface area contributed by atoms with Crippen LogP contribution in [0.1, 0.15) is 0 Å². The van der Waals surface area contributed by atoms with E-state index in [9.17, 15) is 0 Å². The molecule has 0 atom stereocenters. The van der Waals surface area contributed by atoms with Crippen LogP contribution < -0.4 is 4.90 Å². The van der Waals surface area contributed by atoms with Gasteiger partial charge in [0.2, 0.25) is 0 Å². The molecule has 0 aliphatic rings. The van der Waals surface area contributed by atoms with Gasteiger partial charge in [-0.05, 0) is 92.0 Å². The molecule has 11 rings (SSSR count). The van der Waals surface area contributed by atoms with Gasteiger partial charge in [-0.3, -0.25) is 0 Å². The minimum Gasteiger partial charge on any atom is -0.455 e. The lowest BCUT2D eigenvalue weighted by Crippen LogP contribution is -2.12. The second kappa shape index (κ2) is 14.1. The fourth-order valence-electron chi connectivity index (χ4n) is 8.72. The van der Waals surface area contributed by atoms with Gasteiger partial charge in [0.05, 0.1) is 11.4 Å². The van der Waals surface area contributed by atoms with E-state index in [2.05, 4.69) is 223 Å². The van der Waals surface area contributed by atoms with Crippen molar-refractivity contribution in [1.29, 1.82) is 0 Å². The predicted octanol–water partition coefficient (Wildman–Crippen LogP) is 16.0. The molecule has 0 amide bonds. The summed E-state index contributed by atoms with van der Waals surface area (Å²) in [4.78, 5) is 2.44. The van der Waals surface area contributed by atoms with E-state index in [0.717, 1.165) is 72.4 Å². The van der Waals surface area contributed by atoms with Crippen LogP contribution >= 0.6 is 0 Å². The highest BCUT2D eigenvalue weighted by Gasteiger charge is 2.22. The first-order valence-corrected chi connectivity index (χ1v) is 19.8. The van der Waals surface area contributed by atoms with Crippen molar-refractivity contribution in [1.82, 2.24) is 0 Å². The molecule has 0 radical (unpaired) electrons. The van der Waals surface area contributed by atoms with Crippen molar-refractivity contribution >= 4 is 60.5 Å². The van der Waals surface area contributed by atoms with Crippen molar-refractivity contribution in [3.8, 4) is 44.5 Å². The van der Waals surface area contributed by atoms with Gasteiger partial charge in [-0.15, -0.1) is 0 Å². The molecule has 0 aliphatic heterocycles. The van der Waals surface area contributed by atoms with Crippen molar-refractivity contribution in [2.24, 2.45) is 0 Å². The largest absolute Gasteiger partial charge is 0.455 e. The molecule has 58 heavy (non-hydrogen) atoms. The molecular formula is C56H37NO. The zero-order chi connectivity index (χ0) is 38.4. The average molecular weight is 740 g/mol. The minimum atomic E-state index is 0.890. The van der Waals surface area contributed by atoms with E-state index < -0.39 is 0 Å². The summed E-state index contributed by atoms with van der Waals surface area (Å²) in [7, 11) is 0. The fourth-order valence-corrected chi connectivity index (χ4v) is 8.72. The van der Waals surface area contributed by atoms with E-state index >= 15 is 0 Å². The minimum absolute atomic E-state index is 0.890. The topological polar surface area (TPSA) is 16.4 Å². The molecule has 0 unspecified atom stereocenters. The molecule has 0 saturated heterocycles. The molecule has 1 heterocycles. The van der Waals surface area contributed by atoms with Gasteiger partial charge in [0, 0.05) is 33.0 Å². The van der Waals surface area contributed by atoms with Crippen LogP contribution in [0.25, 0.3) is 88.0 Å². The summed E-state index contributed by atoms with van der Waals surface area (Å²) >= 11 is 0. The maximum absolute atomic E-state index is 6.64. The van der Waals surface area contributed by atoms with Gasteiger partial charge in [0.25, 0.3) is 0 Å². The second-order valence-corrected chi connectivity index (χ2v) is 14.8. The summed E-state index contributed by atoms with van der Waals surface area (Å²) in [6.07, 6.45) is 0. The molecule has 0 fully saturated rings. The molecule has 0 saturated carbocycles. The monoisotopic (exact) mass is 739 g/mol. The van der Waals surface area contributed by atoms with E-state index in [1.807, 2.05) is 6.07 Å². The van der Waals surface area contributed by atoms with Gasteiger partial charge in [-0.2, -0.15) is 0 Å². The Morgan fingerprint density at radius 2 is 0.897 bits per heavy atom. The van der Waals surface area contributed by atoms with E-state index in [4.69, 9.17) is 4.42 Å². The highest BCUT2D eigenvalue weighted by atomic mass is 16.3. The Balaban J connectivity index is 1.13. The van der Waals surface area contributed by atoms with Crippen LogP contribution in [0.15, 0.2) is 229 Å². The van der Waals surface area contributed by atoms with Crippen molar-refractivity contribution < 1.29 is 4.42 Å². The Bertz CT molecular complexity index is 3260. The normalized spacial score (nSPS) is 11.4. The lowest BCUT2D eigenvalue weighted by molar-refractivity contribution is 0.670. The molecule has 0 bridgehead atoms. The number of hydrogen-bond donors (Lipinski definition) is 0. The molecule has 2 nitrogen and oxygen atoms in total. The number of nitrogens with zero attached hydrogens (tertiary/aromatic N) is 1. The van der Waals surface area contributed by atoms with Crippen LogP contribution in [-0.4, -0.2) is 0 Å². The van der Waals surface area contributed by atoms with Gasteiger partial charge >= 0.3 is 0 Å². The SMILES string of the molecule is c1ccc(-c2ccc(N(c3ccc(-c4ccc(-c5ccccc5)c5oc6ccccc6c45)cc3)c3cccc4c3ccc3ccccc34)c(-c3ccccc3)c2)cc1. The molecule has 0 spiro atoms. The summed E-state index contributed by atoms with van der Waals surface area (Å²) in [6.45, 7) is 0. The van der Waals surface area contributed by atoms with Crippen LogP contribution in [0.5, 0.6) is 0 Å². The van der Waals surface area contributed by atoms with Gasteiger partial charge in [-0.25, -0.2) is 0 Å². The third-order valence-electron chi connectivity index (χ3n) is 11.5. The number of hydrogen-bond acceptors (Lipinski definition) is 2. The molecule has 11 aromatic rings. The van der Waals surface area contributed by atoms with Gasteiger partial charge < -0.3 is 9.32 Å². The summed E-state index contributed by atoms with van der Waals surface area (Å²) in [5.74, 6) is 0. The molecular weight excluding hydrogens is 703 g/mol. The standard InChI is InChI=1S/C56H37NO/c1-4-15-38(16-5-1)43-30-36-53(51(37-43)40-19-8-3-9-20-40)57(52-25-14-24-48-45-22-11-10-21-41(45)29-33-49(48)52)44-31-27-42(28-32-44)46-34-35-47(39-17-6-2-7-18-39)56-55(46)50-23-12-13-26-54(50)58-56/h1-37H. The summed E-state index contributed by atoms with van der Waals surface area (Å²) in [5.41, 5.74) is 14.3. The van der Waals surface area contributed by atoms with Crippen LogP contribution in [0.3, 0.4) is 0 Å². The molecule has 1 aromatic heterocycles. The van der Waals surface area contributed by atoms with Crippen molar-refractivity contribution in [2.75, 3.05) is 4.90 Å². The smallest absolute Gasteiger partial charge is 0.143 e. The summed E-state index contributed by atoms with van der Waals surface area (Å²) in [6, 6.07) is 80.6. The van der Waals surface area contributed by atoms with Crippen LogP contribution in [-0.2, 0) is 0 Å². The molecule has 2 heteroatoms. The lowest BCUT2D eigenvalue weighted by atomic mass is 9.94. The van der Waals surface area contributed by atoms with Gasteiger partial charge in [-0.1, -0.05) is 182 Å². The Labute approximate surface area is 337 Å². The number of para-hydroxylation sites is 1. The maximum Gasteiger partial charge on any atom is 0.143 e. The zero-order valence-corrected chi connectivity index (χ0v) is 31.7. The van der Waals surface area contributed by atoms with E-state index in [1.165, 1.54) is 32.7 Å². The first kappa shape index (κ1) is 33.6. The Morgan fingerprint density at radius 3 is 1.66 bits per heavy atom. The van der Waals surface area contributed by atoms with Gasteiger partial charge in [0.1, 0.15) is 11.2 Å². The number of fused-ring (bicyclic) bond motifs is 6. The zero-order valence-electron chi connectivity index (χ0n) is 31.7. The Kier molecular flexibility index (Phi) is 8.19. The quantitative estimate of drug-likeness (QED) is 0.151. The number of benzene rings is 10. The molecule has 10 aromatic carbocycles. The summed E-state index contributed by atoms with van der Waals surface area (Å²) < 4.78 is 6.64. The number of furan rings is 1. The molecule has 0 N–H and O–H groups in total. The summed E-state index contributed by atoms with van der Waals surface area (Å²) in [5, 5.41) is 7.15. The predicted molar refractivity (Wildman–Crippen MR) is 245 cm³/mol. The first-order valence-electron chi connectivity index (χ1n) is 19.8. The van der Waals surface area contributed by atoms with Crippen molar-refractivity contribution in [3.63, 3.8) is 0 Å². The van der Waals surface area contributed by atoms with Crippen molar-refractivity contribution in [3.05, 3.63) is 224 Å². The lowest BCUT2D eigenvalue weighted by Gasteiger charge is -2.30. The van der Waals surface area contributed by atoms with E-state index in [-0.39, 0.29) is 0 Å². The van der Waals surface area contributed by atoms with Crippen molar-refractivity contribution in [2.45, 2.75) is 0 Å². The van der Waals surface area contributed by atoms with E-state index in [0.29, 0.717) is 0 Å². The van der Waals surface area contributed by atoms with Crippen LogP contribution in [0.4, 0.5) is 17.1 Å². The van der Waals surface area contributed by atoms with Crippen LogP contribution in [0.2, 0.25) is 0 Å².